The summed E-state index contributed by atoms with van der Waals surface area (Å²) >= 11 is 0. The summed E-state index contributed by atoms with van der Waals surface area (Å²) in [4.78, 5) is 37.0. The van der Waals surface area contributed by atoms with Gasteiger partial charge in [-0.1, -0.05) is 32.9 Å². The van der Waals surface area contributed by atoms with Crippen LogP contribution in [0.4, 0.5) is 11.5 Å². The van der Waals surface area contributed by atoms with Crippen molar-refractivity contribution >= 4 is 17.3 Å². The zero-order valence-electron chi connectivity index (χ0n) is 16.1. The number of nitrogens with two attached hydrogens (primary N) is 1. The van der Waals surface area contributed by atoms with Crippen LogP contribution in [-0.2, 0) is 19.5 Å². The zero-order valence-corrected chi connectivity index (χ0v) is 16.1. The standard InChI is InChI=1S/C19H26N4O3/c1-11(21-13-9-7-12(8-10-13)19(2,3)4)15(24)14-16(20)22(5)18(26)23(6)17(14)25/h7-11,21H,20H2,1-6H3/t11-/m1/s1. The van der Waals surface area contributed by atoms with Crippen LogP contribution in [0.1, 0.15) is 43.6 Å². The minimum absolute atomic E-state index is 0.0372. The molecule has 0 radical (unpaired) electrons. The van der Waals surface area contributed by atoms with Gasteiger partial charge in [0.1, 0.15) is 11.4 Å². The van der Waals surface area contributed by atoms with Crippen LogP contribution >= 0.6 is 0 Å². The van der Waals surface area contributed by atoms with Crippen molar-refractivity contribution in [3.05, 3.63) is 56.2 Å². The molecule has 0 aliphatic rings. The van der Waals surface area contributed by atoms with Crippen molar-refractivity contribution in [3.63, 3.8) is 0 Å². The highest BCUT2D eigenvalue weighted by Gasteiger charge is 2.24. The van der Waals surface area contributed by atoms with Gasteiger partial charge in [-0.15, -0.1) is 0 Å². The second-order valence-corrected chi connectivity index (χ2v) is 7.52. The first-order valence-corrected chi connectivity index (χ1v) is 8.42. The molecule has 0 amide bonds. The summed E-state index contributed by atoms with van der Waals surface area (Å²) in [5.74, 6) is -0.585. The molecule has 7 nitrogen and oxygen atoms in total. The summed E-state index contributed by atoms with van der Waals surface area (Å²) in [6.45, 7) is 8.03. The van der Waals surface area contributed by atoms with Crippen LogP contribution in [0.15, 0.2) is 33.9 Å². The Morgan fingerprint density at radius 3 is 2.12 bits per heavy atom. The number of ketones is 1. The molecule has 26 heavy (non-hydrogen) atoms. The third-order valence-electron chi connectivity index (χ3n) is 4.48. The van der Waals surface area contributed by atoms with Gasteiger partial charge < -0.3 is 11.1 Å². The van der Waals surface area contributed by atoms with Gasteiger partial charge in [-0.05, 0) is 30.0 Å². The number of hydrogen-bond acceptors (Lipinski definition) is 5. The summed E-state index contributed by atoms with van der Waals surface area (Å²) in [6.07, 6.45) is 0. The maximum Gasteiger partial charge on any atom is 0.332 e. The Labute approximate surface area is 152 Å². The predicted octanol–water partition coefficient (Wildman–Crippen LogP) is 1.65. The first-order valence-electron chi connectivity index (χ1n) is 8.42. The lowest BCUT2D eigenvalue weighted by Crippen LogP contribution is -2.43. The highest BCUT2D eigenvalue weighted by molar-refractivity contribution is 6.04. The van der Waals surface area contributed by atoms with Gasteiger partial charge in [-0.2, -0.15) is 0 Å². The molecule has 0 saturated heterocycles. The monoisotopic (exact) mass is 358 g/mol. The van der Waals surface area contributed by atoms with Crippen molar-refractivity contribution in [3.8, 4) is 0 Å². The molecule has 3 N–H and O–H groups in total. The molecule has 0 fully saturated rings. The normalized spacial score (nSPS) is 12.7. The van der Waals surface area contributed by atoms with E-state index in [2.05, 4.69) is 26.1 Å². The lowest BCUT2D eigenvalue weighted by Gasteiger charge is -2.20. The summed E-state index contributed by atoms with van der Waals surface area (Å²) < 4.78 is 1.98. The van der Waals surface area contributed by atoms with Gasteiger partial charge in [0, 0.05) is 19.8 Å². The van der Waals surface area contributed by atoms with Gasteiger partial charge in [0.15, 0.2) is 5.78 Å². The topological polar surface area (TPSA) is 99.1 Å². The Hall–Kier alpha value is -2.83. The largest absolute Gasteiger partial charge is 0.384 e. The van der Waals surface area contributed by atoms with Crippen molar-refractivity contribution in [2.75, 3.05) is 11.1 Å². The van der Waals surface area contributed by atoms with Gasteiger partial charge in [-0.3, -0.25) is 18.7 Å². The molecule has 1 heterocycles. The van der Waals surface area contributed by atoms with Gasteiger partial charge in [0.25, 0.3) is 5.56 Å². The summed E-state index contributed by atoms with van der Waals surface area (Å²) in [5, 5.41) is 3.09. The number of hydrogen-bond donors (Lipinski definition) is 2. The lowest BCUT2D eigenvalue weighted by atomic mass is 9.87. The van der Waals surface area contributed by atoms with E-state index < -0.39 is 23.1 Å². The number of carbonyl (C=O) groups is 1. The van der Waals surface area contributed by atoms with Crippen molar-refractivity contribution in [1.29, 1.82) is 0 Å². The third kappa shape index (κ3) is 3.56. The molecule has 0 aliphatic heterocycles. The number of nitrogen functional groups attached to an aromatic ring is 1. The van der Waals surface area contributed by atoms with E-state index in [1.165, 1.54) is 19.7 Å². The van der Waals surface area contributed by atoms with E-state index in [-0.39, 0.29) is 16.8 Å². The fourth-order valence-corrected chi connectivity index (χ4v) is 2.69. The number of nitrogens with one attached hydrogen (secondary N) is 1. The SMILES string of the molecule is C[C@@H](Nc1ccc(C(C)(C)C)cc1)C(=O)c1c(N)n(C)c(=O)n(C)c1=O. The molecule has 1 aromatic carbocycles. The van der Waals surface area contributed by atoms with Crippen molar-refractivity contribution in [1.82, 2.24) is 9.13 Å². The number of carbonyl (C=O) groups excluding carboxylic acids is 1. The number of rotatable bonds is 4. The average Bonchev–Trinajstić information content (AvgIpc) is 2.58. The number of aromatic nitrogens is 2. The van der Waals surface area contributed by atoms with E-state index in [0.717, 1.165) is 14.8 Å². The molecule has 1 atom stereocenters. The molecular formula is C19H26N4O3. The lowest BCUT2D eigenvalue weighted by molar-refractivity contribution is 0.0973. The van der Waals surface area contributed by atoms with Gasteiger partial charge in [0.05, 0.1) is 6.04 Å². The second kappa shape index (κ2) is 6.82. The Bertz CT molecular complexity index is 947. The molecule has 1 aromatic heterocycles. The molecule has 2 aromatic rings. The summed E-state index contributed by atoms with van der Waals surface area (Å²) in [7, 11) is 2.75. The quantitative estimate of drug-likeness (QED) is 0.810. The van der Waals surface area contributed by atoms with Crippen LogP contribution in [0, 0.1) is 0 Å². The number of Topliss-reactive ketones (excluding diaryl/α,β-unsaturated/α-hetero) is 1. The van der Waals surface area contributed by atoms with Crippen LogP contribution < -0.4 is 22.3 Å². The second-order valence-electron chi connectivity index (χ2n) is 7.52. The van der Waals surface area contributed by atoms with Gasteiger partial charge in [-0.25, -0.2) is 4.79 Å². The van der Waals surface area contributed by atoms with Gasteiger partial charge >= 0.3 is 5.69 Å². The summed E-state index contributed by atoms with van der Waals surface area (Å²) in [5.41, 5.74) is 6.40. The molecule has 0 saturated carbocycles. The Balaban J connectivity index is 2.32. The molecule has 7 heteroatoms. The van der Waals surface area contributed by atoms with E-state index in [4.69, 9.17) is 5.73 Å². The number of anilines is 2. The Morgan fingerprint density at radius 1 is 1.08 bits per heavy atom. The van der Waals surface area contributed by atoms with E-state index in [0.29, 0.717) is 0 Å². The van der Waals surface area contributed by atoms with Crippen LogP contribution in [-0.4, -0.2) is 21.0 Å². The predicted molar refractivity (Wildman–Crippen MR) is 104 cm³/mol. The fourth-order valence-electron chi connectivity index (χ4n) is 2.69. The molecule has 140 valence electrons. The molecule has 0 aliphatic carbocycles. The highest BCUT2D eigenvalue weighted by atomic mass is 16.2. The number of nitrogens with zero attached hydrogens (tertiary/aromatic N) is 2. The van der Waals surface area contributed by atoms with E-state index in [1.54, 1.807) is 6.92 Å². The molecular weight excluding hydrogens is 332 g/mol. The van der Waals surface area contributed by atoms with Crippen molar-refractivity contribution in [2.45, 2.75) is 39.2 Å². The van der Waals surface area contributed by atoms with Gasteiger partial charge in [0.2, 0.25) is 0 Å². The van der Waals surface area contributed by atoms with Crippen molar-refractivity contribution < 1.29 is 4.79 Å². The first kappa shape index (κ1) is 19.5. The van der Waals surface area contributed by atoms with Crippen LogP contribution in [0.3, 0.4) is 0 Å². The Kier molecular flexibility index (Phi) is 5.11. The molecule has 0 unspecified atom stereocenters. The minimum atomic E-state index is -0.688. The maximum absolute atomic E-state index is 12.8. The van der Waals surface area contributed by atoms with E-state index >= 15 is 0 Å². The van der Waals surface area contributed by atoms with E-state index in [9.17, 15) is 14.4 Å². The highest BCUT2D eigenvalue weighted by Crippen LogP contribution is 2.24. The third-order valence-corrected chi connectivity index (χ3v) is 4.48. The minimum Gasteiger partial charge on any atom is -0.384 e. The maximum atomic E-state index is 12.8. The summed E-state index contributed by atoms with van der Waals surface area (Å²) in [6, 6.07) is 7.11. The van der Waals surface area contributed by atoms with Crippen molar-refractivity contribution in [2.24, 2.45) is 14.1 Å². The average molecular weight is 358 g/mol. The fraction of sp³-hybridized carbons (Fsp3) is 0.421. The van der Waals surface area contributed by atoms with Crippen LogP contribution in [0.25, 0.3) is 0 Å². The smallest absolute Gasteiger partial charge is 0.332 e. The molecule has 0 spiro atoms. The van der Waals surface area contributed by atoms with Crippen LogP contribution in [0.5, 0.6) is 0 Å². The molecule has 0 bridgehead atoms. The Morgan fingerprint density at radius 2 is 1.62 bits per heavy atom. The zero-order chi connectivity index (χ0) is 19.8. The molecule has 2 rings (SSSR count). The van der Waals surface area contributed by atoms with E-state index in [1.807, 2.05) is 24.3 Å². The number of benzene rings is 1. The first-order chi connectivity index (χ1) is 11.9. The van der Waals surface area contributed by atoms with Crippen LogP contribution in [0.2, 0.25) is 0 Å².